The molecular formula is C18H23NO2. The number of nitrogens with two attached hydrogens (primary N) is 1. The molecule has 0 radical (unpaired) electrons. The molecule has 0 saturated carbocycles. The zero-order valence-electron chi connectivity index (χ0n) is 12.7. The lowest BCUT2D eigenvalue weighted by Crippen LogP contribution is -2.19. The van der Waals surface area contributed by atoms with Gasteiger partial charge in [-0.3, -0.25) is 0 Å². The fourth-order valence-electron chi connectivity index (χ4n) is 2.10. The molecule has 0 aromatic heterocycles. The molecule has 3 nitrogen and oxygen atoms in total. The van der Waals surface area contributed by atoms with E-state index in [1.54, 1.807) is 0 Å². The first-order valence-corrected chi connectivity index (χ1v) is 7.43. The molecule has 0 heterocycles. The maximum absolute atomic E-state index is 6.17. The lowest BCUT2D eigenvalue weighted by Gasteiger charge is -2.14. The van der Waals surface area contributed by atoms with Gasteiger partial charge < -0.3 is 15.2 Å². The Labute approximate surface area is 126 Å². The summed E-state index contributed by atoms with van der Waals surface area (Å²) in [5.41, 5.74) is 8.58. The van der Waals surface area contributed by atoms with E-state index >= 15 is 0 Å². The fraction of sp³-hybridized carbons (Fsp3) is 0.333. The van der Waals surface area contributed by atoms with Crippen LogP contribution < -0.4 is 15.2 Å². The Bertz CT molecular complexity index is 551. The normalized spacial score (nSPS) is 12.0. The van der Waals surface area contributed by atoms with Crippen LogP contribution in [0.3, 0.4) is 0 Å². The van der Waals surface area contributed by atoms with Crippen LogP contribution in [0.4, 0.5) is 0 Å². The standard InChI is InChI=1S/C18H23NO2/c1-3-14-8-10-15(11-9-14)18(19)13-21-17-7-5-6-16(12-17)20-4-2/h5-12,18H,3-4,13,19H2,1-2H3. The third-order valence-corrected chi connectivity index (χ3v) is 3.36. The summed E-state index contributed by atoms with van der Waals surface area (Å²) < 4.78 is 11.2. The minimum atomic E-state index is -0.133. The Kier molecular flexibility index (Phi) is 5.64. The van der Waals surface area contributed by atoms with E-state index < -0.39 is 0 Å². The van der Waals surface area contributed by atoms with Crippen molar-refractivity contribution in [1.29, 1.82) is 0 Å². The SMILES string of the molecule is CCOc1cccc(OCC(N)c2ccc(CC)cc2)c1. The number of hydrogen-bond donors (Lipinski definition) is 1. The second-order valence-corrected chi connectivity index (χ2v) is 4.92. The average Bonchev–Trinajstić information content (AvgIpc) is 2.53. The molecule has 2 aromatic carbocycles. The van der Waals surface area contributed by atoms with E-state index in [-0.39, 0.29) is 6.04 Å². The van der Waals surface area contributed by atoms with Crippen LogP contribution in [-0.2, 0) is 6.42 Å². The average molecular weight is 285 g/mol. The Morgan fingerprint density at radius 2 is 1.62 bits per heavy atom. The van der Waals surface area contributed by atoms with Crippen LogP contribution in [0.2, 0.25) is 0 Å². The van der Waals surface area contributed by atoms with Gasteiger partial charge >= 0.3 is 0 Å². The van der Waals surface area contributed by atoms with Crippen molar-refractivity contribution >= 4 is 0 Å². The van der Waals surface area contributed by atoms with Gasteiger partial charge in [0.15, 0.2) is 0 Å². The Balaban J connectivity index is 1.93. The fourth-order valence-corrected chi connectivity index (χ4v) is 2.10. The van der Waals surface area contributed by atoms with E-state index in [1.165, 1.54) is 5.56 Å². The van der Waals surface area contributed by atoms with E-state index in [0.717, 1.165) is 23.5 Å². The first-order valence-electron chi connectivity index (χ1n) is 7.43. The van der Waals surface area contributed by atoms with Crippen LogP contribution in [0.25, 0.3) is 0 Å². The Morgan fingerprint density at radius 3 is 2.24 bits per heavy atom. The summed E-state index contributed by atoms with van der Waals surface area (Å²) in [5.74, 6) is 1.59. The van der Waals surface area contributed by atoms with Crippen LogP contribution in [0.5, 0.6) is 11.5 Å². The van der Waals surface area contributed by atoms with Gasteiger partial charge in [0.25, 0.3) is 0 Å². The smallest absolute Gasteiger partial charge is 0.123 e. The van der Waals surface area contributed by atoms with E-state index in [4.69, 9.17) is 15.2 Å². The highest BCUT2D eigenvalue weighted by Crippen LogP contribution is 2.21. The van der Waals surface area contributed by atoms with Gasteiger partial charge in [0.1, 0.15) is 18.1 Å². The molecule has 0 amide bonds. The zero-order chi connectivity index (χ0) is 15.1. The third-order valence-electron chi connectivity index (χ3n) is 3.36. The molecule has 0 bridgehead atoms. The molecule has 2 N–H and O–H groups in total. The number of benzene rings is 2. The van der Waals surface area contributed by atoms with Crippen LogP contribution in [0, 0.1) is 0 Å². The largest absolute Gasteiger partial charge is 0.494 e. The predicted molar refractivity (Wildman–Crippen MR) is 85.9 cm³/mol. The lowest BCUT2D eigenvalue weighted by atomic mass is 10.1. The van der Waals surface area contributed by atoms with Crippen molar-refractivity contribution in [1.82, 2.24) is 0 Å². The molecule has 3 heteroatoms. The summed E-state index contributed by atoms with van der Waals surface area (Å²) in [5, 5.41) is 0. The summed E-state index contributed by atoms with van der Waals surface area (Å²) in [6, 6.07) is 15.9. The summed E-state index contributed by atoms with van der Waals surface area (Å²) >= 11 is 0. The molecule has 1 atom stereocenters. The molecule has 0 fully saturated rings. The summed E-state index contributed by atoms with van der Waals surface area (Å²) in [6.45, 7) is 5.20. The monoisotopic (exact) mass is 285 g/mol. The minimum Gasteiger partial charge on any atom is -0.494 e. The zero-order valence-corrected chi connectivity index (χ0v) is 12.7. The van der Waals surface area contributed by atoms with Crippen LogP contribution in [0.1, 0.15) is 31.0 Å². The van der Waals surface area contributed by atoms with Crippen molar-refractivity contribution in [3.63, 3.8) is 0 Å². The minimum absolute atomic E-state index is 0.133. The number of ether oxygens (including phenoxy) is 2. The van der Waals surface area contributed by atoms with Gasteiger partial charge in [-0.25, -0.2) is 0 Å². The highest BCUT2D eigenvalue weighted by atomic mass is 16.5. The highest BCUT2D eigenvalue weighted by molar-refractivity contribution is 5.33. The summed E-state index contributed by atoms with van der Waals surface area (Å²) in [7, 11) is 0. The van der Waals surface area contributed by atoms with Crippen molar-refractivity contribution < 1.29 is 9.47 Å². The molecule has 1 unspecified atom stereocenters. The van der Waals surface area contributed by atoms with E-state index in [9.17, 15) is 0 Å². The van der Waals surface area contributed by atoms with Gasteiger partial charge in [0.05, 0.1) is 12.6 Å². The lowest BCUT2D eigenvalue weighted by molar-refractivity contribution is 0.286. The highest BCUT2D eigenvalue weighted by Gasteiger charge is 2.07. The predicted octanol–water partition coefficient (Wildman–Crippen LogP) is 3.73. The maximum atomic E-state index is 6.17. The van der Waals surface area contributed by atoms with Crippen molar-refractivity contribution in [3.8, 4) is 11.5 Å². The number of aryl methyl sites for hydroxylation is 1. The molecule has 0 aliphatic rings. The number of rotatable bonds is 7. The van der Waals surface area contributed by atoms with Gasteiger partial charge in [0.2, 0.25) is 0 Å². The first-order chi connectivity index (χ1) is 10.2. The topological polar surface area (TPSA) is 44.5 Å². The third kappa shape index (κ3) is 4.50. The molecule has 2 rings (SSSR count). The van der Waals surface area contributed by atoms with Gasteiger partial charge in [-0.15, -0.1) is 0 Å². The van der Waals surface area contributed by atoms with E-state index in [1.807, 2.05) is 31.2 Å². The van der Waals surface area contributed by atoms with E-state index in [0.29, 0.717) is 13.2 Å². The summed E-state index contributed by atoms with van der Waals surface area (Å²) in [4.78, 5) is 0. The summed E-state index contributed by atoms with van der Waals surface area (Å²) in [6.07, 6.45) is 1.04. The van der Waals surface area contributed by atoms with Gasteiger partial charge in [-0.05, 0) is 36.6 Å². The second kappa shape index (κ2) is 7.70. The van der Waals surface area contributed by atoms with Crippen molar-refractivity contribution in [2.24, 2.45) is 5.73 Å². The van der Waals surface area contributed by atoms with Gasteiger partial charge in [-0.2, -0.15) is 0 Å². The second-order valence-electron chi connectivity index (χ2n) is 4.92. The molecule has 0 aliphatic heterocycles. The van der Waals surface area contributed by atoms with Gasteiger partial charge in [-0.1, -0.05) is 37.3 Å². The first kappa shape index (κ1) is 15.4. The molecule has 2 aromatic rings. The molecule has 0 spiro atoms. The molecular weight excluding hydrogens is 262 g/mol. The van der Waals surface area contributed by atoms with E-state index in [2.05, 4.69) is 31.2 Å². The van der Waals surface area contributed by atoms with Crippen LogP contribution in [-0.4, -0.2) is 13.2 Å². The van der Waals surface area contributed by atoms with Crippen LogP contribution >= 0.6 is 0 Å². The molecule has 112 valence electrons. The van der Waals surface area contributed by atoms with Crippen molar-refractivity contribution in [3.05, 3.63) is 59.7 Å². The maximum Gasteiger partial charge on any atom is 0.123 e. The molecule has 21 heavy (non-hydrogen) atoms. The quantitative estimate of drug-likeness (QED) is 0.843. The Morgan fingerprint density at radius 1 is 0.952 bits per heavy atom. The van der Waals surface area contributed by atoms with Gasteiger partial charge in [0, 0.05) is 6.07 Å². The van der Waals surface area contributed by atoms with Crippen LogP contribution in [0.15, 0.2) is 48.5 Å². The molecule has 0 aliphatic carbocycles. The number of hydrogen-bond acceptors (Lipinski definition) is 3. The van der Waals surface area contributed by atoms with Crippen molar-refractivity contribution in [2.75, 3.05) is 13.2 Å². The molecule has 0 saturated heterocycles. The Hall–Kier alpha value is -2.00. The van der Waals surface area contributed by atoms with Crippen molar-refractivity contribution in [2.45, 2.75) is 26.3 Å².